The molecule has 2 heterocycles. The minimum Gasteiger partial charge on any atom is -0.350 e. The Morgan fingerprint density at radius 2 is 1.83 bits per heavy atom. The van der Waals surface area contributed by atoms with E-state index in [0.29, 0.717) is 0 Å². The monoisotopic (exact) mass is 400 g/mol. The van der Waals surface area contributed by atoms with E-state index in [2.05, 4.69) is 65.3 Å². The average molecular weight is 401 g/mol. The number of carbonyl (C=O) groups excluding carboxylic acids is 1. The number of nitrogens with zero attached hydrogens (tertiary/aromatic N) is 3. The normalized spacial score (nSPS) is 19.3. The van der Waals surface area contributed by atoms with E-state index in [1.54, 1.807) is 0 Å². The maximum atomic E-state index is 11.8. The van der Waals surface area contributed by atoms with Gasteiger partial charge in [-0.25, -0.2) is 4.68 Å². The van der Waals surface area contributed by atoms with Crippen molar-refractivity contribution in [2.75, 3.05) is 13.1 Å². The van der Waals surface area contributed by atoms with Crippen molar-refractivity contribution in [3.05, 3.63) is 96.8 Å². The van der Waals surface area contributed by atoms with E-state index in [9.17, 15) is 4.79 Å². The molecule has 30 heavy (non-hydrogen) atoms. The third kappa shape index (κ3) is 4.86. The van der Waals surface area contributed by atoms with E-state index >= 15 is 0 Å². The Labute approximate surface area is 178 Å². The second-order valence-corrected chi connectivity index (χ2v) is 7.74. The predicted octanol–water partition coefficient (Wildman–Crippen LogP) is 3.92. The Bertz CT molecular complexity index is 967. The lowest BCUT2D eigenvalue weighted by Crippen LogP contribution is -2.46. The standard InChI is InChI=1S/C25H28N4O/c1-2-25(30)26-21-14-17-28(16-13-20-9-5-3-6-10-20)24(19-21)23-15-18-29(27-23)22-11-7-4-8-12-22/h2-12,15,18,21,24H,1,13-14,16-17,19H2,(H,26,30). The van der Waals surface area contributed by atoms with Gasteiger partial charge in [0.25, 0.3) is 0 Å². The fourth-order valence-corrected chi connectivity index (χ4v) is 4.14. The molecular formula is C25H28N4O. The number of amides is 1. The van der Waals surface area contributed by atoms with Crippen molar-refractivity contribution in [2.45, 2.75) is 31.3 Å². The third-order valence-electron chi connectivity index (χ3n) is 5.75. The summed E-state index contributed by atoms with van der Waals surface area (Å²) in [6, 6.07) is 23.1. The summed E-state index contributed by atoms with van der Waals surface area (Å²) in [6.45, 7) is 5.48. The fourth-order valence-electron chi connectivity index (χ4n) is 4.14. The van der Waals surface area contributed by atoms with Crippen LogP contribution in [0.2, 0.25) is 0 Å². The van der Waals surface area contributed by atoms with Gasteiger partial charge in [0.15, 0.2) is 0 Å². The third-order valence-corrected chi connectivity index (χ3v) is 5.75. The van der Waals surface area contributed by atoms with Gasteiger partial charge < -0.3 is 5.32 Å². The molecule has 0 radical (unpaired) electrons. The molecule has 3 aromatic rings. The topological polar surface area (TPSA) is 50.2 Å². The molecule has 5 heteroatoms. The van der Waals surface area contributed by atoms with Crippen LogP contribution in [0.1, 0.15) is 30.1 Å². The summed E-state index contributed by atoms with van der Waals surface area (Å²) < 4.78 is 1.93. The van der Waals surface area contributed by atoms with E-state index in [1.807, 2.05) is 29.1 Å². The summed E-state index contributed by atoms with van der Waals surface area (Å²) in [6.07, 6.45) is 6.15. The smallest absolute Gasteiger partial charge is 0.243 e. The molecule has 1 aliphatic rings. The first-order valence-electron chi connectivity index (χ1n) is 10.5. The Hall–Kier alpha value is -3.18. The number of para-hydroxylation sites is 1. The number of hydrogen-bond acceptors (Lipinski definition) is 3. The quantitative estimate of drug-likeness (QED) is 0.612. The number of rotatable bonds is 7. The number of carbonyl (C=O) groups is 1. The Balaban J connectivity index is 1.52. The van der Waals surface area contributed by atoms with E-state index in [4.69, 9.17) is 5.10 Å². The Kier molecular flexibility index (Phi) is 6.40. The van der Waals surface area contributed by atoms with E-state index in [0.717, 1.165) is 43.7 Å². The van der Waals surface area contributed by atoms with Crippen LogP contribution in [0.15, 0.2) is 85.6 Å². The molecule has 5 nitrogen and oxygen atoms in total. The van der Waals surface area contributed by atoms with Gasteiger partial charge in [-0.1, -0.05) is 55.1 Å². The summed E-state index contributed by atoms with van der Waals surface area (Å²) in [4.78, 5) is 14.3. The van der Waals surface area contributed by atoms with Crippen LogP contribution < -0.4 is 5.32 Å². The molecule has 1 saturated heterocycles. The van der Waals surface area contributed by atoms with Gasteiger partial charge >= 0.3 is 0 Å². The van der Waals surface area contributed by atoms with Gasteiger partial charge in [0.1, 0.15) is 0 Å². The average Bonchev–Trinajstić information content (AvgIpc) is 3.29. The first kappa shape index (κ1) is 20.1. The molecule has 0 bridgehead atoms. The highest BCUT2D eigenvalue weighted by Gasteiger charge is 2.31. The van der Waals surface area contributed by atoms with Gasteiger partial charge in [-0.05, 0) is 49.1 Å². The van der Waals surface area contributed by atoms with Gasteiger partial charge in [0.2, 0.25) is 5.91 Å². The van der Waals surface area contributed by atoms with E-state index in [-0.39, 0.29) is 18.0 Å². The molecule has 2 aromatic carbocycles. The largest absolute Gasteiger partial charge is 0.350 e. The van der Waals surface area contributed by atoms with Crippen LogP contribution in [0.3, 0.4) is 0 Å². The number of piperidine rings is 1. The molecule has 4 rings (SSSR count). The molecule has 1 amide bonds. The van der Waals surface area contributed by atoms with Crippen molar-refractivity contribution in [3.8, 4) is 5.69 Å². The molecule has 2 unspecified atom stereocenters. The van der Waals surface area contributed by atoms with E-state index < -0.39 is 0 Å². The SMILES string of the molecule is C=CC(=O)NC1CCN(CCc2ccccc2)C(c2ccn(-c3ccccc3)n2)C1. The van der Waals surface area contributed by atoms with Gasteiger partial charge in [-0.2, -0.15) is 5.10 Å². The van der Waals surface area contributed by atoms with Crippen molar-refractivity contribution in [2.24, 2.45) is 0 Å². The maximum Gasteiger partial charge on any atom is 0.243 e. The first-order chi connectivity index (χ1) is 14.7. The summed E-state index contributed by atoms with van der Waals surface area (Å²) in [5, 5.41) is 7.97. The first-order valence-corrected chi connectivity index (χ1v) is 10.5. The number of hydrogen-bond donors (Lipinski definition) is 1. The molecule has 0 saturated carbocycles. The minimum absolute atomic E-state index is 0.105. The molecule has 1 N–H and O–H groups in total. The number of likely N-dealkylation sites (tertiary alicyclic amines) is 1. The zero-order valence-corrected chi connectivity index (χ0v) is 17.2. The number of aromatic nitrogens is 2. The molecule has 2 atom stereocenters. The summed E-state index contributed by atoms with van der Waals surface area (Å²) in [5.41, 5.74) is 3.43. The zero-order chi connectivity index (χ0) is 20.8. The predicted molar refractivity (Wildman–Crippen MR) is 119 cm³/mol. The Morgan fingerprint density at radius 3 is 2.57 bits per heavy atom. The van der Waals surface area contributed by atoms with Gasteiger partial charge in [-0.15, -0.1) is 0 Å². The molecule has 1 aromatic heterocycles. The van der Waals surface area contributed by atoms with Gasteiger partial charge in [0, 0.05) is 25.3 Å². The highest BCUT2D eigenvalue weighted by atomic mass is 16.1. The van der Waals surface area contributed by atoms with Crippen LogP contribution >= 0.6 is 0 Å². The second-order valence-electron chi connectivity index (χ2n) is 7.74. The lowest BCUT2D eigenvalue weighted by atomic mass is 9.94. The second kappa shape index (κ2) is 9.55. The Morgan fingerprint density at radius 1 is 1.10 bits per heavy atom. The molecular weight excluding hydrogens is 372 g/mol. The number of benzene rings is 2. The fraction of sp³-hybridized carbons (Fsp3) is 0.280. The maximum absolute atomic E-state index is 11.8. The van der Waals surface area contributed by atoms with Crippen molar-refractivity contribution in [1.29, 1.82) is 0 Å². The molecule has 154 valence electrons. The van der Waals surface area contributed by atoms with Crippen LogP contribution in [0.25, 0.3) is 5.69 Å². The molecule has 0 spiro atoms. The van der Waals surface area contributed by atoms with Crippen LogP contribution in [0.4, 0.5) is 0 Å². The van der Waals surface area contributed by atoms with Crippen molar-refractivity contribution in [1.82, 2.24) is 20.0 Å². The van der Waals surface area contributed by atoms with Crippen LogP contribution in [-0.2, 0) is 11.2 Å². The summed E-state index contributed by atoms with van der Waals surface area (Å²) in [7, 11) is 0. The van der Waals surface area contributed by atoms with Crippen LogP contribution in [-0.4, -0.2) is 39.7 Å². The highest BCUT2D eigenvalue weighted by Crippen LogP contribution is 2.30. The molecule has 1 fully saturated rings. The highest BCUT2D eigenvalue weighted by molar-refractivity contribution is 5.87. The van der Waals surface area contributed by atoms with Gasteiger partial charge in [0.05, 0.1) is 17.4 Å². The van der Waals surface area contributed by atoms with Crippen LogP contribution in [0, 0.1) is 0 Å². The summed E-state index contributed by atoms with van der Waals surface area (Å²) >= 11 is 0. The van der Waals surface area contributed by atoms with Crippen molar-refractivity contribution in [3.63, 3.8) is 0 Å². The van der Waals surface area contributed by atoms with E-state index in [1.165, 1.54) is 11.6 Å². The van der Waals surface area contributed by atoms with Gasteiger partial charge in [-0.3, -0.25) is 9.69 Å². The van der Waals surface area contributed by atoms with Crippen molar-refractivity contribution < 1.29 is 4.79 Å². The molecule has 1 aliphatic heterocycles. The summed E-state index contributed by atoms with van der Waals surface area (Å²) in [5.74, 6) is -0.105. The van der Waals surface area contributed by atoms with Crippen molar-refractivity contribution >= 4 is 5.91 Å². The minimum atomic E-state index is -0.105. The zero-order valence-electron chi connectivity index (χ0n) is 17.2. The number of nitrogens with one attached hydrogen (secondary N) is 1. The lowest BCUT2D eigenvalue weighted by Gasteiger charge is -2.39. The van der Waals surface area contributed by atoms with Crippen LogP contribution in [0.5, 0.6) is 0 Å². The lowest BCUT2D eigenvalue weighted by molar-refractivity contribution is -0.117. The molecule has 0 aliphatic carbocycles.